The largest absolute Gasteiger partial charge is 0.497 e. The number of carbonyl (C=O) groups excluding carboxylic acids is 1. The van der Waals surface area contributed by atoms with Crippen LogP contribution in [-0.2, 0) is 16.1 Å². The van der Waals surface area contributed by atoms with Crippen LogP contribution in [0.4, 0.5) is 0 Å². The fourth-order valence-electron chi connectivity index (χ4n) is 5.38. The van der Waals surface area contributed by atoms with Crippen LogP contribution in [0.5, 0.6) is 5.75 Å². The van der Waals surface area contributed by atoms with Crippen molar-refractivity contribution >= 4 is 57.5 Å². The topological polar surface area (TPSA) is 74.8 Å². The number of ether oxygens (including phenoxy) is 2. The Kier molecular flexibility index (Phi) is 8.01. The van der Waals surface area contributed by atoms with Gasteiger partial charge in [0.2, 0.25) is 0 Å². The van der Waals surface area contributed by atoms with Gasteiger partial charge in [0.05, 0.1) is 35.6 Å². The number of nitrogens with zero attached hydrogens (tertiary/aromatic N) is 3. The monoisotopic (exact) mass is 631 g/mol. The van der Waals surface area contributed by atoms with Crippen LogP contribution in [0.2, 0.25) is 10.0 Å². The van der Waals surface area contributed by atoms with Gasteiger partial charge >= 0.3 is 5.97 Å². The van der Waals surface area contributed by atoms with Gasteiger partial charge in [-0.2, -0.15) is 0 Å². The molecule has 0 spiro atoms. The molecular weight excluding hydrogens is 605 g/mol. The van der Waals surface area contributed by atoms with Gasteiger partial charge in [-0.05, 0) is 67.4 Å². The van der Waals surface area contributed by atoms with Crippen LogP contribution < -0.4 is 19.6 Å². The first-order valence-electron chi connectivity index (χ1n) is 13.6. The maximum absolute atomic E-state index is 14.2. The van der Waals surface area contributed by atoms with Gasteiger partial charge in [0.25, 0.3) is 5.56 Å². The van der Waals surface area contributed by atoms with E-state index in [9.17, 15) is 9.59 Å². The third kappa shape index (κ3) is 5.42. The standard InChI is InChI=1S/C33H27Cl2N3O4S/c1-4-42-32(40)29-19(2)36-33-38(30(29)20-10-13-25(41-3)14-11-20)31(39)28(43-33)17-24-15-21-7-5-6-8-27(21)37(24)18-22-9-12-23(34)16-26(22)35/h5-17,30H,4,18H2,1-3H3/b28-17+/t30-/m0/s1. The highest BCUT2D eigenvalue weighted by molar-refractivity contribution is 7.07. The Balaban J connectivity index is 1.54. The highest BCUT2D eigenvalue weighted by Crippen LogP contribution is 2.32. The summed E-state index contributed by atoms with van der Waals surface area (Å²) in [7, 11) is 1.59. The quantitative estimate of drug-likeness (QED) is 0.203. The predicted molar refractivity (Wildman–Crippen MR) is 171 cm³/mol. The molecule has 1 aliphatic heterocycles. The number of carbonyl (C=O) groups is 1. The third-order valence-corrected chi connectivity index (χ3v) is 8.98. The van der Waals surface area contributed by atoms with Crippen LogP contribution in [0.3, 0.4) is 0 Å². The third-order valence-electron chi connectivity index (χ3n) is 7.41. The molecule has 7 nitrogen and oxygen atoms in total. The van der Waals surface area contributed by atoms with Gasteiger partial charge < -0.3 is 14.0 Å². The van der Waals surface area contributed by atoms with E-state index in [2.05, 4.69) is 4.57 Å². The van der Waals surface area contributed by atoms with Crippen LogP contribution in [0.1, 0.15) is 36.7 Å². The highest BCUT2D eigenvalue weighted by atomic mass is 35.5. The molecule has 2 aromatic heterocycles. The Labute approximate surface area is 261 Å². The van der Waals surface area contributed by atoms with E-state index in [0.29, 0.717) is 42.9 Å². The van der Waals surface area contributed by atoms with Crippen LogP contribution >= 0.6 is 34.5 Å². The molecule has 0 N–H and O–H groups in total. The maximum atomic E-state index is 14.2. The molecule has 0 saturated carbocycles. The molecule has 0 unspecified atom stereocenters. The summed E-state index contributed by atoms with van der Waals surface area (Å²) in [6.45, 7) is 4.21. The van der Waals surface area contributed by atoms with E-state index in [4.69, 9.17) is 37.7 Å². The molecule has 0 radical (unpaired) electrons. The van der Waals surface area contributed by atoms with Gasteiger partial charge in [-0.3, -0.25) is 9.36 Å². The van der Waals surface area contributed by atoms with Gasteiger partial charge in [0.1, 0.15) is 5.75 Å². The molecule has 3 aromatic carbocycles. The number of methoxy groups -OCH3 is 1. The minimum Gasteiger partial charge on any atom is -0.497 e. The minimum absolute atomic E-state index is 0.206. The first-order chi connectivity index (χ1) is 20.8. The second-order valence-corrected chi connectivity index (χ2v) is 11.9. The van der Waals surface area contributed by atoms with E-state index in [1.54, 1.807) is 31.6 Å². The molecule has 6 rings (SSSR count). The number of fused-ring (bicyclic) bond motifs is 2. The number of para-hydroxylation sites is 1. The van der Waals surface area contributed by atoms with Crippen molar-refractivity contribution in [3.8, 4) is 5.75 Å². The number of hydrogen-bond acceptors (Lipinski definition) is 6. The Morgan fingerprint density at radius 2 is 1.84 bits per heavy atom. The normalized spacial score (nSPS) is 15.0. The van der Waals surface area contributed by atoms with Crippen molar-refractivity contribution in [2.24, 2.45) is 4.99 Å². The van der Waals surface area contributed by atoms with Crippen molar-refractivity contribution in [1.82, 2.24) is 9.13 Å². The van der Waals surface area contributed by atoms with Crippen molar-refractivity contribution in [3.63, 3.8) is 0 Å². The van der Waals surface area contributed by atoms with Crippen LogP contribution in [-0.4, -0.2) is 28.8 Å². The van der Waals surface area contributed by atoms with Crippen molar-refractivity contribution in [3.05, 3.63) is 131 Å². The van der Waals surface area contributed by atoms with Crippen molar-refractivity contribution < 1.29 is 14.3 Å². The summed E-state index contributed by atoms with van der Waals surface area (Å²) in [5.41, 5.74) is 4.08. The van der Waals surface area contributed by atoms with E-state index in [-0.39, 0.29) is 12.2 Å². The Hall–Kier alpha value is -4.11. The fourth-order valence-corrected chi connectivity index (χ4v) is 6.87. The maximum Gasteiger partial charge on any atom is 0.338 e. The van der Waals surface area contributed by atoms with E-state index in [1.165, 1.54) is 11.3 Å². The Morgan fingerprint density at radius 1 is 1.07 bits per heavy atom. The first-order valence-corrected chi connectivity index (χ1v) is 15.2. The molecule has 1 atom stereocenters. The number of esters is 1. The summed E-state index contributed by atoms with van der Waals surface area (Å²) in [5.74, 6) is 0.169. The molecule has 10 heteroatoms. The van der Waals surface area contributed by atoms with E-state index in [1.807, 2.05) is 72.8 Å². The van der Waals surface area contributed by atoms with Crippen LogP contribution in [0.15, 0.2) is 93.9 Å². The zero-order valence-corrected chi connectivity index (χ0v) is 26.0. The number of halogens is 2. The molecule has 5 aromatic rings. The summed E-state index contributed by atoms with van der Waals surface area (Å²) in [4.78, 5) is 32.6. The van der Waals surface area contributed by atoms with Gasteiger partial charge in [0, 0.05) is 33.2 Å². The van der Waals surface area contributed by atoms with Gasteiger partial charge in [-0.1, -0.05) is 70.9 Å². The predicted octanol–water partition coefficient (Wildman–Crippen LogP) is 6.12. The zero-order chi connectivity index (χ0) is 30.2. The number of rotatable bonds is 7. The smallest absolute Gasteiger partial charge is 0.338 e. The lowest BCUT2D eigenvalue weighted by Crippen LogP contribution is -2.40. The number of aromatic nitrogens is 2. The molecule has 0 saturated heterocycles. The molecule has 218 valence electrons. The van der Waals surface area contributed by atoms with Crippen molar-refractivity contribution in [2.75, 3.05) is 13.7 Å². The second-order valence-electron chi connectivity index (χ2n) is 10.0. The average molecular weight is 633 g/mol. The van der Waals surface area contributed by atoms with Gasteiger partial charge in [-0.25, -0.2) is 9.79 Å². The number of allylic oxidation sites excluding steroid dienone is 1. The summed E-state index contributed by atoms with van der Waals surface area (Å²) in [5, 5.41) is 2.16. The molecule has 1 aliphatic rings. The number of thiazole rings is 1. The lowest BCUT2D eigenvalue weighted by molar-refractivity contribution is -0.139. The summed E-state index contributed by atoms with van der Waals surface area (Å²) >= 11 is 14.0. The van der Waals surface area contributed by atoms with E-state index < -0.39 is 12.0 Å². The second kappa shape index (κ2) is 11.9. The Morgan fingerprint density at radius 3 is 2.56 bits per heavy atom. The van der Waals surface area contributed by atoms with Gasteiger partial charge in [-0.15, -0.1) is 0 Å². The highest BCUT2D eigenvalue weighted by Gasteiger charge is 2.33. The number of benzene rings is 3. The Bertz CT molecular complexity index is 2090. The first kappa shape index (κ1) is 29.0. The molecular formula is C33H27Cl2N3O4S. The molecule has 43 heavy (non-hydrogen) atoms. The molecule has 0 amide bonds. The van der Waals surface area contributed by atoms with Crippen LogP contribution in [0.25, 0.3) is 17.0 Å². The van der Waals surface area contributed by atoms with Gasteiger partial charge in [0.15, 0.2) is 4.80 Å². The van der Waals surface area contributed by atoms with E-state index >= 15 is 0 Å². The summed E-state index contributed by atoms with van der Waals surface area (Å²) in [6, 6.07) is 22.2. The van der Waals surface area contributed by atoms with Crippen molar-refractivity contribution in [1.29, 1.82) is 0 Å². The fraction of sp³-hybridized carbons (Fsp3) is 0.182. The SMILES string of the molecule is CCOC(=O)C1=C(C)N=c2s/c(=C/c3cc4ccccc4n3Cc3ccc(Cl)cc3Cl)c(=O)n2[C@H]1c1ccc(OC)cc1. The zero-order valence-electron chi connectivity index (χ0n) is 23.6. The molecule has 0 fully saturated rings. The lowest BCUT2D eigenvalue weighted by atomic mass is 9.96. The lowest BCUT2D eigenvalue weighted by Gasteiger charge is -2.24. The van der Waals surface area contributed by atoms with Crippen molar-refractivity contribution in [2.45, 2.75) is 26.4 Å². The van der Waals surface area contributed by atoms with Crippen LogP contribution in [0, 0.1) is 0 Å². The summed E-state index contributed by atoms with van der Waals surface area (Å²) in [6.07, 6.45) is 1.88. The minimum atomic E-state index is -0.706. The molecule has 0 bridgehead atoms. The molecule has 3 heterocycles. The molecule has 0 aliphatic carbocycles. The summed E-state index contributed by atoms with van der Waals surface area (Å²) < 4.78 is 14.9. The number of hydrogen-bond donors (Lipinski definition) is 0. The average Bonchev–Trinajstić information content (AvgIpc) is 3.49. The van der Waals surface area contributed by atoms with E-state index in [0.717, 1.165) is 27.7 Å².